The molecule has 1 heterocycles. The number of ether oxygens (including phenoxy) is 1. The van der Waals surface area contributed by atoms with Crippen LogP contribution in [0, 0.1) is 23.0 Å². The smallest absolute Gasteiger partial charge is 0.413 e. The van der Waals surface area contributed by atoms with Gasteiger partial charge < -0.3 is 20.1 Å². The van der Waals surface area contributed by atoms with E-state index in [1.807, 2.05) is 6.07 Å². The average molecular weight is 559 g/mol. The van der Waals surface area contributed by atoms with Crippen LogP contribution in [-0.2, 0) is 16.1 Å². The van der Waals surface area contributed by atoms with Crippen LogP contribution in [0.4, 0.5) is 23.5 Å². The molecule has 0 fully saturated rings. The van der Waals surface area contributed by atoms with E-state index in [1.165, 1.54) is 24.1 Å². The first-order valence-electron chi connectivity index (χ1n) is 11.6. The number of amides is 3. The number of nitriles is 1. The molecule has 0 bridgehead atoms. The number of carboxylic acid groups (broad SMARTS) is 1. The highest BCUT2D eigenvalue weighted by molar-refractivity contribution is 7.18. The SMILES string of the molecule is CN(C(=O)NCc1cccc(F)c1F)[C@@H](CCCC(=O)O)COC(=O)Nc1nnc(-c2ccc(C#N)cc2)s1. The van der Waals surface area contributed by atoms with Crippen molar-refractivity contribution in [2.75, 3.05) is 19.0 Å². The lowest BCUT2D eigenvalue weighted by atomic mass is 10.1. The standard InChI is InChI=1S/C25H24F2N6O5S/c1-33(24(36)29-13-17-4-2-6-19(26)21(17)27)18(5-3-7-20(34)35)14-38-25(37)30-23-32-31-22(39-23)16-10-8-15(12-28)9-11-16/h2,4,6,8-11,18H,3,5,7,13-14H2,1H3,(H,29,36)(H,34,35)(H,30,32,37)/t18-/m0/s1. The molecule has 0 unspecified atom stereocenters. The summed E-state index contributed by atoms with van der Waals surface area (Å²) in [5, 5.41) is 31.3. The van der Waals surface area contributed by atoms with Crippen molar-refractivity contribution in [3.63, 3.8) is 0 Å². The first-order valence-corrected chi connectivity index (χ1v) is 12.4. The number of nitrogens with one attached hydrogen (secondary N) is 2. The lowest BCUT2D eigenvalue weighted by Gasteiger charge is -2.28. The highest BCUT2D eigenvalue weighted by Gasteiger charge is 2.23. The van der Waals surface area contributed by atoms with Crippen molar-refractivity contribution >= 4 is 34.6 Å². The summed E-state index contributed by atoms with van der Waals surface area (Å²) >= 11 is 1.08. The predicted molar refractivity (Wildman–Crippen MR) is 137 cm³/mol. The Hall–Kier alpha value is -4.64. The maximum atomic E-state index is 13.9. The van der Waals surface area contributed by atoms with Crippen molar-refractivity contribution in [3.05, 3.63) is 65.2 Å². The number of hydrogen-bond donors (Lipinski definition) is 3. The van der Waals surface area contributed by atoms with Gasteiger partial charge in [0.15, 0.2) is 11.6 Å². The Morgan fingerprint density at radius 2 is 1.92 bits per heavy atom. The van der Waals surface area contributed by atoms with Gasteiger partial charge >= 0.3 is 18.1 Å². The van der Waals surface area contributed by atoms with E-state index in [1.54, 1.807) is 24.3 Å². The molecule has 1 aromatic heterocycles. The quantitative estimate of drug-likeness (QED) is 0.313. The number of benzene rings is 2. The van der Waals surface area contributed by atoms with E-state index in [2.05, 4.69) is 20.8 Å². The van der Waals surface area contributed by atoms with Crippen molar-refractivity contribution in [1.29, 1.82) is 5.26 Å². The van der Waals surface area contributed by atoms with E-state index in [9.17, 15) is 23.2 Å². The van der Waals surface area contributed by atoms with Crippen molar-refractivity contribution in [1.82, 2.24) is 20.4 Å². The summed E-state index contributed by atoms with van der Waals surface area (Å²) < 4.78 is 32.6. The van der Waals surface area contributed by atoms with Gasteiger partial charge in [0, 0.05) is 31.1 Å². The Morgan fingerprint density at radius 3 is 2.62 bits per heavy atom. The molecule has 0 aliphatic rings. The van der Waals surface area contributed by atoms with E-state index in [4.69, 9.17) is 15.1 Å². The predicted octanol–water partition coefficient (Wildman–Crippen LogP) is 4.37. The largest absolute Gasteiger partial charge is 0.481 e. The van der Waals surface area contributed by atoms with Gasteiger partial charge in [0.05, 0.1) is 17.7 Å². The fourth-order valence-corrected chi connectivity index (χ4v) is 4.13. The molecule has 0 spiro atoms. The molecule has 0 aliphatic carbocycles. The first-order chi connectivity index (χ1) is 18.7. The molecule has 11 nitrogen and oxygen atoms in total. The Balaban J connectivity index is 1.57. The highest BCUT2D eigenvalue weighted by Crippen LogP contribution is 2.26. The van der Waals surface area contributed by atoms with Crippen LogP contribution in [0.15, 0.2) is 42.5 Å². The summed E-state index contributed by atoms with van der Waals surface area (Å²) in [5.74, 6) is -3.13. The van der Waals surface area contributed by atoms with Crippen molar-refractivity contribution < 1.29 is 33.0 Å². The minimum absolute atomic E-state index is 0.0489. The van der Waals surface area contributed by atoms with Crippen molar-refractivity contribution in [2.45, 2.75) is 31.8 Å². The molecule has 1 atom stereocenters. The number of halogens is 2. The zero-order valence-electron chi connectivity index (χ0n) is 20.7. The topological polar surface area (TPSA) is 158 Å². The zero-order chi connectivity index (χ0) is 28.4. The third-order valence-electron chi connectivity index (χ3n) is 5.56. The van der Waals surface area contributed by atoms with Gasteiger partial charge in [-0.2, -0.15) is 5.26 Å². The molecule has 3 N–H and O–H groups in total. The van der Waals surface area contributed by atoms with Crippen LogP contribution in [0.5, 0.6) is 0 Å². The number of likely N-dealkylation sites (N-methyl/N-ethyl adjacent to an activating group) is 1. The van der Waals surface area contributed by atoms with Crippen LogP contribution in [-0.4, -0.2) is 58.0 Å². The van der Waals surface area contributed by atoms with Crippen molar-refractivity contribution in [3.8, 4) is 16.6 Å². The minimum Gasteiger partial charge on any atom is -0.481 e. The van der Waals surface area contributed by atoms with E-state index >= 15 is 0 Å². The molecule has 0 saturated carbocycles. The molecule has 2 aromatic carbocycles. The zero-order valence-corrected chi connectivity index (χ0v) is 21.5. The van der Waals surface area contributed by atoms with E-state index in [-0.39, 0.29) is 43.1 Å². The van der Waals surface area contributed by atoms with Gasteiger partial charge in [-0.1, -0.05) is 35.6 Å². The average Bonchev–Trinajstić information content (AvgIpc) is 3.39. The molecule has 204 valence electrons. The van der Waals surface area contributed by atoms with Crippen LogP contribution in [0.2, 0.25) is 0 Å². The monoisotopic (exact) mass is 558 g/mol. The summed E-state index contributed by atoms with van der Waals surface area (Å²) in [6.07, 6.45) is -0.628. The van der Waals surface area contributed by atoms with Crippen LogP contribution in [0.3, 0.4) is 0 Å². The molecule has 0 radical (unpaired) electrons. The second-order valence-corrected chi connectivity index (χ2v) is 9.22. The number of carbonyl (C=O) groups excluding carboxylic acids is 2. The number of urea groups is 1. The molecule has 14 heteroatoms. The fraction of sp³-hybridized carbons (Fsp3) is 0.280. The number of aliphatic carboxylic acids is 1. The molecule has 3 amide bonds. The third kappa shape index (κ3) is 8.44. The highest BCUT2D eigenvalue weighted by atomic mass is 32.1. The van der Waals surface area contributed by atoms with Crippen LogP contribution in [0.1, 0.15) is 30.4 Å². The molecule has 3 aromatic rings. The second-order valence-electron chi connectivity index (χ2n) is 8.25. The normalized spacial score (nSPS) is 11.2. The van der Waals surface area contributed by atoms with Crippen LogP contribution < -0.4 is 10.6 Å². The lowest BCUT2D eigenvalue weighted by molar-refractivity contribution is -0.137. The Morgan fingerprint density at radius 1 is 1.18 bits per heavy atom. The van der Waals surface area contributed by atoms with E-state index < -0.39 is 35.8 Å². The summed E-state index contributed by atoms with van der Waals surface area (Å²) in [6.45, 7) is -0.556. The number of nitrogens with zero attached hydrogens (tertiary/aromatic N) is 4. The van der Waals surface area contributed by atoms with Gasteiger partial charge in [0.25, 0.3) is 0 Å². The number of carbonyl (C=O) groups is 3. The summed E-state index contributed by atoms with van der Waals surface area (Å²) in [5.41, 5.74) is 1.15. The Bertz CT molecular complexity index is 1360. The van der Waals surface area contributed by atoms with Gasteiger partial charge in [-0.3, -0.25) is 10.1 Å². The number of carboxylic acids is 1. The molecule has 0 aliphatic heterocycles. The lowest BCUT2D eigenvalue weighted by Crippen LogP contribution is -2.46. The Kier molecular flexibility index (Phi) is 10.2. The number of rotatable bonds is 11. The van der Waals surface area contributed by atoms with E-state index in [0.29, 0.717) is 16.1 Å². The molecule has 39 heavy (non-hydrogen) atoms. The molecular formula is C25H24F2N6O5S. The minimum atomic E-state index is -1.07. The third-order valence-corrected chi connectivity index (χ3v) is 6.45. The number of hydrogen-bond acceptors (Lipinski definition) is 8. The maximum absolute atomic E-state index is 13.9. The van der Waals surface area contributed by atoms with Gasteiger partial charge in [-0.25, -0.2) is 18.4 Å². The second kappa shape index (κ2) is 13.8. The molecular weight excluding hydrogens is 534 g/mol. The summed E-state index contributed by atoms with van der Waals surface area (Å²) in [6, 6.07) is 10.9. The molecule has 3 rings (SSSR count). The van der Waals surface area contributed by atoms with E-state index in [0.717, 1.165) is 17.4 Å². The fourth-order valence-electron chi connectivity index (χ4n) is 3.40. The van der Waals surface area contributed by atoms with Gasteiger partial charge in [-0.05, 0) is 31.0 Å². The van der Waals surface area contributed by atoms with Crippen LogP contribution >= 0.6 is 11.3 Å². The molecule has 0 saturated heterocycles. The van der Waals surface area contributed by atoms with Gasteiger partial charge in [0.1, 0.15) is 11.6 Å². The van der Waals surface area contributed by atoms with Crippen molar-refractivity contribution in [2.24, 2.45) is 0 Å². The number of aromatic nitrogens is 2. The van der Waals surface area contributed by atoms with Gasteiger partial charge in [-0.15, -0.1) is 10.2 Å². The number of anilines is 1. The van der Waals surface area contributed by atoms with Gasteiger partial charge in [0.2, 0.25) is 5.13 Å². The first kappa shape index (κ1) is 28.9. The summed E-state index contributed by atoms with van der Waals surface area (Å²) in [4.78, 5) is 37.2. The Labute approximate surface area is 226 Å². The van der Waals surface area contributed by atoms with Crippen LogP contribution in [0.25, 0.3) is 10.6 Å². The maximum Gasteiger partial charge on any atom is 0.413 e. The summed E-state index contributed by atoms with van der Waals surface area (Å²) in [7, 11) is 1.42.